The molecule has 1 aromatic carbocycles. The molecule has 0 aliphatic carbocycles. The van der Waals surface area contributed by atoms with E-state index in [1.54, 1.807) is 56.1 Å². The van der Waals surface area contributed by atoms with E-state index >= 15 is 0 Å². The number of carbonyl (C=O) groups excluding carboxylic acids is 10. The van der Waals surface area contributed by atoms with Crippen molar-refractivity contribution in [3.8, 4) is 0 Å². The maximum atomic E-state index is 14.1. The molecule has 0 bridgehead atoms. The molecule has 73 heavy (non-hydrogen) atoms. The molecule has 0 saturated carbocycles. The van der Waals surface area contributed by atoms with Gasteiger partial charge in [0.05, 0.1) is 37.1 Å². The van der Waals surface area contributed by atoms with Gasteiger partial charge >= 0.3 is 0 Å². The van der Waals surface area contributed by atoms with Gasteiger partial charge in [0.15, 0.2) is 0 Å². The molecule has 10 amide bonds. The zero-order valence-corrected chi connectivity index (χ0v) is 43.0. The fraction of sp³-hybridized carbons (Fsp3) is 0.574. The minimum Gasteiger partial charge on any atom is -0.370 e. The third kappa shape index (κ3) is 21.0. The van der Waals surface area contributed by atoms with Gasteiger partial charge in [-0.2, -0.15) is 11.8 Å². The third-order valence-corrected chi connectivity index (χ3v) is 12.3. The predicted octanol–water partition coefficient (Wildman–Crippen LogP) is -2.75. The molecule has 9 atom stereocenters. The van der Waals surface area contributed by atoms with E-state index in [0.717, 1.165) is 5.56 Å². The highest BCUT2D eigenvalue weighted by atomic mass is 32.2. The number of para-hydroxylation sites is 1. The van der Waals surface area contributed by atoms with Crippen molar-refractivity contribution in [1.29, 1.82) is 0 Å². The summed E-state index contributed by atoms with van der Waals surface area (Å²) >= 11 is 1.57. The molecular formula is C47H73N15O10S. The molecule has 1 unspecified atom stereocenters. The summed E-state index contributed by atoms with van der Waals surface area (Å²) in [5, 5.41) is 21.5. The van der Waals surface area contributed by atoms with Crippen LogP contribution in [-0.4, -0.2) is 149 Å². The van der Waals surface area contributed by atoms with Crippen LogP contribution in [0.5, 0.6) is 0 Å². The molecule has 0 radical (unpaired) electrons. The summed E-state index contributed by atoms with van der Waals surface area (Å²) in [5.41, 5.74) is 23.9. The van der Waals surface area contributed by atoms with Crippen molar-refractivity contribution < 1.29 is 47.9 Å². The average molecular weight is 1040 g/mol. The summed E-state index contributed by atoms with van der Waals surface area (Å²) < 4.78 is 0. The summed E-state index contributed by atoms with van der Waals surface area (Å²) in [6.07, 6.45) is 6.25. The summed E-state index contributed by atoms with van der Waals surface area (Å²) in [6.45, 7) is 8.26. The minimum atomic E-state index is -1.45. The Bertz CT molecular complexity index is 2260. The van der Waals surface area contributed by atoms with Gasteiger partial charge in [-0.3, -0.25) is 52.9 Å². The lowest BCUT2D eigenvalue weighted by atomic mass is 9.93. The van der Waals surface area contributed by atoms with E-state index < -0.39 is 132 Å². The maximum Gasteiger partial charge on any atom is 0.243 e. The molecule has 26 heteroatoms. The number of primary amides is 3. The number of hydrogen-bond acceptors (Lipinski definition) is 15. The number of benzene rings is 1. The molecule has 1 aromatic heterocycles. The average Bonchev–Trinajstić information content (AvgIpc) is 3.99. The van der Waals surface area contributed by atoms with Gasteiger partial charge in [0.2, 0.25) is 59.1 Å². The van der Waals surface area contributed by atoms with Gasteiger partial charge in [0, 0.05) is 49.5 Å². The van der Waals surface area contributed by atoms with Crippen LogP contribution in [0.2, 0.25) is 0 Å². The van der Waals surface area contributed by atoms with Crippen molar-refractivity contribution in [2.24, 2.45) is 39.8 Å². The highest BCUT2D eigenvalue weighted by Crippen LogP contribution is 2.34. The van der Waals surface area contributed by atoms with Crippen molar-refractivity contribution in [2.45, 2.75) is 134 Å². The molecule has 0 fully saturated rings. The van der Waals surface area contributed by atoms with Crippen molar-refractivity contribution in [3.05, 3.63) is 48.0 Å². The first-order valence-corrected chi connectivity index (χ1v) is 25.4. The molecule has 1 aliphatic heterocycles. The second kappa shape index (κ2) is 30.2. The van der Waals surface area contributed by atoms with E-state index in [1.165, 1.54) is 19.4 Å². The first kappa shape index (κ1) is 60.4. The zero-order chi connectivity index (χ0) is 54.4. The van der Waals surface area contributed by atoms with E-state index in [1.807, 2.05) is 20.1 Å². The number of rotatable bonds is 33. The first-order valence-electron chi connectivity index (χ1n) is 24.0. The number of aliphatic imine (C=N–C) groups is 1. The molecular weight excluding hydrogens is 967 g/mol. The third-order valence-electron chi connectivity index (χ3n) is 11.6. The minimum absolute atomic E-state index is 0.0187. The number of imidazole rings is 1. The van der Waals surface area contributed by atoms with Crippen molar-refractivity contribution >= 4 is 82.7 Å². The molecule has 3 rings (SSSR count). The number of aromatic amines is 1. The fourth-order valence-electron chi connectivity index (χ4n) is 7.73. The lowest BCUT2D eigenvalue weighted by Crippen LogP contribution is -2.59. The Morgan fingerprint density at radius 3 is 2.03 bits per heavy atom. The summed E-state index contributed by atoms with van der Waals surface area (Å²) in [5.74, 6) is -7.80. The van der Waals surface area contributed by atoms with E-state index in [0.29, 0.717) is 30.0 Å². The van der Waals surface area contributed by atoms with Crippen LogP contribution in [0, 0.1) is 11.8 Å². The topological polar surface area (TPSA) is 412 Å². The number of carbonyl (C=O) groups is 10. The number of H-pyrrole nitrogens is 1. The number of aromatic nitrogens is 2. The summed E-state index contributed by atoms with van der Waals surface area (Å²) in [7, 11) is 0. The number of amides is 10. The van der Waals surface area contributed by atoms with Gasteiger partial charge in [-0.25, -0.2) is 4.98 Å². The van der Waals surface area contributed by atoms with Crippen molar-refractivity contribution in [2.75, 3.05) is 25.1 Å². The zero-order valence-electron chi connectivity index (χ0n) is 42.2. The van der Waals surface area contributed by atoms with Crippen molar-refractivity contribution in [1.82, 2.24) is 52.5 Å². The Morgan fingerprint density at radius 1 is 0.740 bits per heavy atom. The smallest absolute Gasteiger partial charge is 0.243 e. The van der Waals surface area contributed by atoms with Crippen LogP contribution in [0.15, 0.2) is 41.8 Å². The molecule has 25 nitrogen and oxygen atoms in total. The van der Waals surface area contributed by atoms with Gasteiger partial charge in [-0.05, 0) is 68.1 Å². The summed E-state index contributed by atoms with van der Waals surface area (Å²) in [6, 6.07) is -1.81. The van der Waals surface area contributed by atoms with Crippen LogP contribution in [0.1, 0.15) is 90.3 Å². The Morgan fingerprint density at radius 2 is 1.41 bits per heavy atom. The Balaban J connectivity index is 1.73. The van der Waals surface area contributed by atoms with Crippen molar-refractivity contribution in [3.63, 3.8) is 0 Å². The number of thioether (sulfide) groups is 1. The molecule has 1 aliphatic rings. The van der Waals surface area contributed by atoms with Gasteiger partial charge in [0.1, 0.15) is 30.2 Å². The van der Waals surface area contributed by atoms with Crippen LogP contribution in [0.25, 0.3) is 0 Å². The normalized spacial score (nSPS) is 16.0. The second-order valence-electron chi connectivity index (χ2n) is 18.6. The SMILES string of the molecule is CSCC[C@@H](NC[C@@H](CC(C)C)NC(=O)[C@H](Cc1cnc[nH]1)NC(=O)CNC(=O)[C@H](NC(=O)[C@H](C)NC(=O)[C@@H](CC1C=Nc2ccccc21)NC(=O)[C@H](CCC(N)=O)NC(=O)[C@@H](N)CC(N)=O)C(C)C)C(N)=O. The van der Waals surface area contributed by atoms with Crippen LogP contribution in [0.3, 0.4) is 0 Å². The van der Waals surface area contributed by atoms with E-state index in [2.05, 4.69) is 57.5 Å². The molecule has 0 spiro atoms. The molecule has 2 heterocycles. The predicted molar refractivity (Wildman–Crippen MR) is 273 cm³/mol. The standard InChI is InChI=1S/C47H73N15O10S/c1-24(2)15-29(21-54-33(41(51)66)13-14-73-6)58-46(71)36(17-28-20-52-23-56-28)59-39(65)22-55-47(72)40(25(3)4)62-42(67)26(5)57-45(70)35(16-27-19-53-32-10-8-7-9-30(27)32)61-44(69)34(11-12-37(49)63)60-43(68)31(48)18-38(50)64/h7-10,19-20,23-27,29,31,33-36,40,54H,11-18,21-22,48H2,1-6H3,(H2,49,63)(H2,50,64)(H2,51,66)(H,52,56)(H,55,72)(H,57,70)(H,58,71)(H,59,65)(H,60,68)(H,61,69)(H,62,67)/t26-,27?,29+,31-,33+,34-,35+,36-,40+/m0/s1. The number of hydrogen-bond donors (Lipinski definition) is 13. The maximum absolute atomic E-state index is 14.1. The number of nitrogens with one attached hydrogen (secondary N) is 9. The quantitative estimate of drug-likeness (QED) is 0.0345. The number of fused-ring (bicyclic) bond motifs is 1. The lowest BCUT2D eigenvalue weighted by Gasteiger charge is -2.27. The fourth-order valence-corrected chi connectivity index (χ4v) is 8.20. The monoisotopic (exact) mass is 1040 g/mol. The highest BCUT2D eigenvalue weighted by molar-refractivity contribution is 7.98. The largest absolute Gasteiger partial charge is 0.370 e. The van der Waals surface area contributed by atoms with Crippen LogP contribution in [-0.2, 0) is 54.4 Å². The Hall–Kier alpha value is -6.93. The summed E-state index contributed by atoms with van der Waals surface area (Å²) in [4.78, 5) is 142. The molecule has 17 N–H and O–H groups in total. The van der Waals surface area contributed by atoms with Crippen LogP contribution >= 0.6 is 11.8 Å². The van der Waals surface area contributed by atoms with Crippen LogP contribution < -0.4 is 65.5 Å². The van der Waals surface area contributed by atoms with Gasteiger partial charge in [0.25, 0.3) is 0 Å². The second-order valence-corrected chi connectivity index (χ2v) is 19.6. The highest BCUT2D eigenvalue weighted by Gasteiger charge is 2.35. The van der Waals surface area contributed by atoms with E-state index in [-0.39, 0.29) is 38.1 Å². The van der Waals surface area contributed by atoms with E-state index in [9.17, 15) is 47.9 Å². The van der Waals surface area contributed by atoms with E-state index in [4.69, 9.17) is 22.9 Å². The molecule has 402 valence electrons. The van der Waals surface area contributed by atoms with Gasteiger partial charge in [-0.15, -0.1) is 0 Å². The molecule has 2 aromatic rings. The number of nitrogens with zero attached hydrogens (tertiary/aromatic N) is 2. The van der Waals surface area contributed by atoms with Crippen LogP contribution in [0.4, 0.5) is 5.69 Å². The Labute approximate surface area is 428 Å². The first-order chi connectivity index (χ1) is 34.5. The molecule has 0 saturated heterocycles. The Kier molecular flexibility index (Phi) is 25.0. The lowest BCUT2D eigenvalue weighted by molar-refractivity contribution is -0.135. The van der Waals surface area contributed by atoms with Gasteiger partial charge in [-0.1, -0.05) is 45.9 Å². The number of nitrogens with two attached hydrogens (primary N) is 4. The van der Waals surface area contributed by atoms with Gasteiger partial charge < -0.3 is 70.5 Å².